The third-order valence-electron chi connectivity index (χ3n) is 1.25. The van der Waals surface area contributed by atoms with E-state index in [4.69, 9.17) is 18.0 Å². The number of nitrogens with two attached hydrogens (primary N) is 1. The fourth-order valence-electron chi connectivity index (χ4n) is 0.922. The Morgan fingerprint density at radius 2 is 2.44 bits per heavy atom. The lowest BCUT2D eigenvalue weighted by molar-refractivity contribution is 0.411. The molecule has 0 saturated carbocycles. The first-order valence-corrected chi connectivity index (χ1v) is 3.40. The molecule has 9 heavy (non-hydrogen) atoms. The lowest BCUT2D eigenvalue weighted by Gasteiger charge is -2.28. The third-order valence-corrected chi connectivity index (χ3v) is 1.53. The highest BCUT2D eigenvalue weighted by molar-refractivity contribution is 7.80. The lowest BCUT2D eigenvalue weighted by atomic mass is 10.2. The van der Waals surface area contributed by atoms with Gasteiger partial charge in [0.2, 0.25) is 0 Å². The monoisotopic (exact) mass is 145 g/mol. The van der Waals surface area contributed by atoms with Gasteiger partial charge >= 0.3 is 0 Å². The first-order valence-electron chi connectivity index (χ1n) is 2.99. The van der Waals surface area contributed by atoms with E-state index >= 15 is 0 Å². The molecule has 2 atom stereocenters. The topological polar surface area (TPSA) is 50.1 Å². The van der Waals surface area contributed by atoms with Crippen LogP contribution in [-0.4, -0.2) is 17.3 Å². The number of hydrogen-bond acceptors (Lipinski definition) is 3. The van der Waals surface area contributed by atoms with Crippen LogP contribution in [0.15, 0.2) is 0 Å². The van der Waals surface area contributed by atoms with Gasteiger partial charge in [0.1, 0.15) is 0 Å². The van der Waals surface area contributed by atoms with Gasteiger partial charge in [-0.3, -0.25) is 5.32 Å². The SMILES string of the molecule is CC1NC(=S)CC(N)N1. The first-order chi connectivity index (χ1) is 4.18. The summed E-state index contributed by atoms with van der Waals surface area (Å²) in [5.74, 6) is 0. The summed E-state index contributed by atoms with van der Waals surface area (Å²) in [7, 11) is 0. The molecule has 1 heterocycles. The van der Waals surface area contributed by atoms with Crippen LogP contribution in [0.2, 0.25) is 0 Å². The molecule has 0 radical (unpaired) electrons. The average Bonchev–Trinajstić information content (AvgIpc) is 1.59. The second kappa shape index (κ2) is 2.60. The predicted molar refractivity (Wildman–Crippen MR) is 40.9 cm³/mol. The molecule has 1 aliphatic heterocycles. The predicted octanol–water partition coefficient (Wildman–Crippen LogP) is -0.472. The van der Waals surface area contributed by atoms with Crippen molar-refractivity contribution in [1.82, 2.24) is 10.6 Å². The van der Waals surface area contributed by atoms with Gasteiger partial charge < -0.3 is 11.1 Å². The minimum absolute atomic E-state index is 0.0359. The van der Waals surface area contributed by atoms with E-state index < -0.39 is 0 Å². The number of rotatable bonds is 0. The highest BCUT2D eigenvalue weighted by atomic mass is 32.1. The summed E-state index contributed by atoms with van der Waals surface area (Å²) in [5.41, 5.74) is 5.58. The minimum atomic E-state index is 0.0359. The van der Waals surface area contributed by atoms with Crippen LogP contribution < -0.4 is 16.4 Å². The van der Waals surface area contributed by atoms with Gasteiger partial charge in [-0.05, 0) is 6.92 Å². The molecule has 2 unspecified atom stereocenters. The second-order valence-corrected chi connectivity index (χ2v) is 2.76. The maximum atomic E-state index is 5.58. The molecule has 1 saturated heterocycles. The normalized spacial score (nSPS) is 36.0. The van der Waals surface area contributed by atoms with Crippen molar-refractivity contribution in [3.05, 3.63) is 0 Å². The summed E-state index contributed by atoms with van der Waals surface area (Å²) in [6.45, 7) is 1.99. The van der Waals surface area contributed by atoms with Crippen LogP contribution >= 0.6 is 12.2 Å². The van der Waals surface area contributed by atoms with Crippen molar-refractivity contribution < 1.29 is 0 Å². The zero-order valence-corrected chi connectivity index (χ0v) is 6.16. The molecule has 1 fully saturated rings. The van der Waals surface area contributed by atoms with E-state index in [1.54, 1.807) is 0 Å². The standard InChI is InChI=1S/C5H11N3S/c1-3-7-4(6)2-5(9)8-3/h3-4,7H,2,6H2,1H3,(H,8,9). The Hall–Kier alpha value is -0.190. The summed E-state index contributed by atoms with van der Waals surface area (Å²) in [6.07, 6.45) is 1.01. The summed E-state index contributed by atoms with van der Waals surface area (Å²) < 4.78 is 0. The highest BCUT2D eigenvalue weighted by Gasteiger charge is 2.15. The van der Waals surface area contributed by atoms with Crippen molar-refractivity contribution in [3.63, 3.8) is 0 Å². The average molecular weight is 145 g/mol. The van der Waals surface area contributed by atoms with E-state index in [9.17, 15) is 0 Å². The molecule has 0 aromatic heterocycles. The molecule has 4 heteroatoms. The Bertz CT molecular complexity index is 113. The van der Waals surface area contributed by atoms with Crippen LogP contribution in [0.3, 0.4) is 0 Å². The van der Waals surface area contributed by atoms with Crippen LogP contribution in [0.5, 0.6) is 0 Å². The molecular weight excluding hydrogens is 134 g/mol. The van der Waals surface area contributed by atoms with E-state index in [2.05, 4.69) is 10.6 Å². The molecular formula is C5H11N3S. The van der Waals surface area contributed by atoms with Crippen molar-refractivity contribution in [3.8, 4) is 0 Å². The Balaban J connectivity index is 2.43. The van der Waals surface area contributed by atoms with Crippen molar-refractivity contribution >= 4 is 17.2 Å². The van der Waals surface area contributed by atoms with E-state index in [-0.39, 0.29) is 12.3 Å². The molecule has 0 bridgehead atoms. The van der Waals surface area contributed by atoms with Crippen LogP contribution in [0.4, 0.5) is 0 Å². The van der Waals surface area contributed by atoms with E-state index in [1.807, 2.05) is 6.92 Å². The Morgan fingerprint density at radius 1 is 1.78 bits per heavy atom. The zero-order chi connectivity index (χ0) is 6.85. The minimum Gasteiger partial charge on any atom is -0.365 e. The Labute approximate surface area is 60.0 Å². The summed E-state index contributed by atoms with van der Waals surface area (Å²) in [5, 5.41) is 6.14. The molecule has 1 aliphatic rings. The van der Waals surface area contributed by atoms with Gasteiger partial charge in [0, 0.05) is 6.42 Å². The molecule has 52 valence electrons. The van der Waals surface area contributed by atoms with Crippen LogP contribution in [0, 0.1) is 0 Å². The van der Waals surface area contributed by atoms with Gasteiger partial charge in [-0.1, -0.05) is 12.2 Å². The quantitative estimate of drug-likeness (QED) is 0.403. The Morgan fingerprint density at radius 3 is 2.89 bits per heavy atom. The third kappa shape index (κ3) is 1.89. The maximum Gasteiger partial charge on any atom is 0.0794 e. The van der Waals surface area contributed by atoms with Crippen molar-refractivity contribution in [2.45, 2.75) is 25.7 Å². The second-order valence-electron chi connectivity index (χ2n) is 2.27. The van der Waals surface area contributed by atoms with Crippen LogP contribution in [-0.2, 0) is 0 Å². The molecule has 0 amide bonds. The maximum absolute atomic E-state index is 5.58. The number of thiocarbonyl (C=S) groups is 1. The number of hydrogen-bond donors (Lipinski definition) is 3. The molecule has 0 aromatic carbocycles. The lowest BCUT2D eigenvalue weighted by Crippen LogP contribution is -2.57. The number of nitrogens with one attached hydrogen (secondary N) is 2. The summed E-state index contributed by atoms with van der Waals surface area (Å²) in [6, 6.07) is 0. The molecule has 1 rings (SSSR count). The molecule has 0 spiro atoms. The summed E-state index contributed by atoms with van der Waals surface area (Å²) >= 11 is 4.93. The molecule has 0 aromatic rings. The van der Waals surface area contributed by atoms with E-state index in [0.717, 1.165) is 11.4 Å². The van der Waals surface area contributed by atoms with Gasteiger partial charge in [-0.2, -0.15) is 0 Å². The van der Waals surface area contributed by atoms with E-state index in [0.29, 0.717) is 0 Å². The van der Waals surface area contributed by atoms with Gasteiger partial charge in [0.25, 0.3) is 0 Å². The van der Waals surface area contributed by atoms with Crippen molar-refractivity contribution in [2.75, 3.05) is 0 Å². The van der Waals surface area contributed by atoms with Crippen molar-refractivity contribution in [1.29, 1.82) is 0 Å². The van der Waals surface area contributed by atoms with Gasteiger partial charge in [-0.25, -0.2) is 0 Å². The fraction of sp³-hybridized carbons (Fsp3) is 0.800. The summed E-state index contributed by atoms with van der Waals surface area (Å²) in [4.78, 5) is 0.855. The largest absolute Gasteiger partial charge is 0.365 e. The molecule has 3 nitrogen and oxygen atoms in total. The Kier molecular flexibility index (Phi) is 2.00. The van der Waals surface area contributed by atoms with E-state index in [1.165, 1.54) is 0 Å². The van der Waals surface area contributed by atoms with Gasteiger partial charge in [0.15, 0.2) is 0 Å². The molecule has 4 N–H and O–H groups in total. The first kappa shape index (κ1) is 6.92. The van der Waals surface area contributed by atoms with Gasteiger partial charge in [0.05, 0.1) is 17.3 Å². The zero-order valence-electron chi connectivity index (χ0n) is 5.35. The van der Waals surface area contributed by atoms with Crippen molar-refractivity contribution in [2.24, 2.45) is 5.73 Å². The van der Waals surface area contributed by atoms with Gasteiger partial charge in [-0.15, -0.1) is 0 Å². The van der Waals surface area contributed by atoms with Crippen LogP contribution in [0.25, 0.3) is 0 Å². The molecule has 0 aliphatic carbocycles. The smallest absolute Gasteiger partial charge is 0.0794 e. The highest BCUT2D eigenvalue weighted by Crippen LogP contribution is 1.95. The fourth-order valence-corrected chi connectivity index (χ4v) is 1.28. The van der Waals surface area contributed by atoms with Crippen LogP contribution in [0.1, 0.15) is 13.3 Å².